The summed E-state index contributed by atoms with van der Waals surface area (Å²) in [5.41, 5.74) is 7.01. The third-order valence-electron chi connectivity index (χ3n) is 3.73. The summed E-state index contributed by atoms with van der Waals surface area (Å²) in [6.45, 7) is 4.49. The summed E-state index contributed by atoms with van der Waals surface area (Å²) >= 11 is 0. The summed E-state index contributed by atoms with van der Waals surface area (Å²) in [6.07, 6.45) is 5.10. The molecule has 19 heavy (non-hydrogen) atoms. The van der Waals surface area contributed by atoms with E-state index in [1.165, 1.54) is 19.3 Å². The minimum absolute atomic E-state index is 0.0644. The SMILES string of the molecule is CCC(C)CCCCC(O)c1ccc(C(=N)N)cc1. The fourth-order valence-electron chi connectivity index (χ4n) is 2.09. The van der Waals surface area contributed by atoms with E-state index in [2.05, 4.69) is 13.8 Å². The lowest BCUT2D eigenvalue weighted by Gasteiger charge is -2.12. The second-order valence-electron chi connectivity index (χ2n) is 5.35. The molecule has 1 aromatic rings. The Hall–Kier alpha value is -1.35. The van der Waals surface area contributed by atoms with E-state index in [0.717, 1.165) is 24.3 Å². The standard InChI is InChI=1S/C16H26N2O/c1-3-12(2)6-4-5-7-15(19)13-8-10-14(11-9-13)16(17)18/h8-12,15,19H,3-7H2,1-2H3,(H3,17,18). The molecule has 0 heterocycles. The van der Waals surface area contributed by atoms with Crippen LogP contribution in [0.25, 0.3) is 0 Å². The van der Waals surface area contributed by atoms with E-state index in [0.29, 0.717) is 5.56 Å². The topological polar surface area (TPSA) is 70.1 Å². The molecule has 0 fully saturated rings. The van der Waals surface area contributed by atoms with Crippen molar-refractivity contribution in [1.29, 1.82) is 5.41 Å². The normalized spacial score (nSPS) is 14.1. The zero-order valence-corrected chi connectivity index (χ0v) is 12.0. The first-order chi connectivity index (χ1) is 9.04. The number of hydrogen-bond donors (Lipinski definition) is 3. The third-order valence-corrected chi connectivity index (χ3v) is 3.73. The molecule has 2 atom stereocenters. The van der Waals surface area contributed by atoms with E-state index >= 15 is 0 Å². The average Bonchev–Trinajstić information content (AvgIpc) is 2.43. The number of rotatable bonds is 8. The summed E-state index contributed by atoms with van der Waals surface area (Å²) in [6, 6.07) is 7.30. The van der Waals surface area contributed by atoms with Crippen LogP contribution in [0, 0.1) is 11.3 Å². The summed E-state index contributed by atoms with van der Waals surface area (Å²) in [5.74, 6) is 0.849. The van der Waals surface area contributed by atoms with Gasteiger partial charge in [-0.3, -0.25) is 5.41 Å². The van der Waals surface area contributed by atoms with Gasteiger partial charge in [0, 0.05) is 5.56 Å². The molecule has 0 bridgehead atoms. The molecule has 0 amide bonds. The van der Waals surface area contributed by atoms with Crippen LogP contribution in [-0.2, 0) is 0 Å². The van der Waals surface area contributed by atoms with Gasteiger partial charge < -0.3 is 10.8 Å². The zero-order chi connectivity index (χ0) is 14.3. The van der Waals surface area contributed by atoms with Gasteiger partial charge in [-0.1, -0.05) is 63.8 Å². The highest BCUT2D eigenvalue weighted by atomic mass is 16.3. The Bertz CT molecular complexity index is 386. The van der Waals surface area contributed by atoms with E-state index in [1.807, 2.05) is 12.1 Å². The monoisotopic (exact) mass is 262 g/mol. The van der Waals surface area contributed by atoms with Gasteiger partial charge in [0.05, 0.1) is 6.10 Å². The smallest absolute Gasteiger partial charge is 0.122 e. The Morgan fingerprint density at radius 1 is 1.21 bits per heavy atom. The number of unbranched alkanes of at least 4 members (excludes halogenated alkanes) is 1. The first kappa shape index (κ1) is 15.7. The first-order valence-electron chi connectivity index (χ1n) is 7.17. The summed E-state index contributed by atoms with van der Waals surface area (Å²) in [5, 5.41) is 17.4. The predicted octanol–water partition coefficient (Wildman–Crippen LogP) is 3.61. The van der Waals surface area contributed by atoms with Gasteiger partial charge in [-0.2, -0.15) is 0 Å². The highest BCUT2D eigenvalue weighted by molar-refractivity contribution is 5.94. The molecule has 0 spiro atoms. The van der Waals surface area contributed by atoms with E-state index in [-0.39, 0.29) is 5.84 Å². The quantitative estimate of drug-likeness (QED) is 0.380. The molecule has 1 rings (SSSR count). The van der Waals surface area contributed by atoms with E-state index in [1.54, 1.807) is 12.1 Å². The van der Waals surface area contributed by atoms with Gasteiger partial charge in [0.2, 0.25) is 0 Å². The van der Waals surface area contributed by atoms with Crippen LogP contribution in [0.15, 0.2) is 24.3 Å². The Balaban J connectivity index is 2.37. The van der Waals surface area contributed by atoms with Crippen LogP contribution in [0.3, 0.4) is 0 Å². The lowest BCUT2D eigenvalue weighted by molar-refractivity contribution is 0.162. The number of nitrogens with two attached hydrogens (primary N) is 1. The number of benzene rings is 1. The Kier molecular flexibility index (Phi) is 6.57. The van der Waals surface area contributed by atoms with Crippen molar-refractivity contribution < 1.29 is 5.11 Å². The Morgan fingerprint density at radius 2 is 1.79 bits per heavy atom. The molecule has 0 aliphatic carbocycles. The maximum atomic E-state index is 10.1. The summed E-state index contributed by atoms with van der Waals surface area (Å²) < 4.78 is 0. The fourth-order valence-corrected chi connectivity index (χ4v) is 2.09. The van der Waals surface area contributed by atoms with Crippen LogP contribution in [0.2, 0.25) is 0 Å². The molecule has 1 aromatic carbocycles. The lowest BCUT2D eigenvalue weighted by atomic mass is 9.97. The molecule has 0 aliphatic heterocycles. The van der Waals surface area contributed by atoms with Gasteiger partial charge in [-0.25, -0.2) is 0 Å². The van der Waals surface area contributed by atoms with Gasteiger partial charge in [0.25, 0.3) is 0 Å². The van der Waals surface area contributed by atoms with Crippen LogP contribution in [0.5, 0.6) is 0 Å². The van der Waals surface area contributed by atoms with Crippen molar-refractivity contribution in [2.24, 2.45) is 11.7 Å². The molecular formula is C16H26N2O. The number of aliphatic hydroxyl groups excluding tert-OH is 1. The number of nitrogen functional groups attached to an aromatic ring is 1. The number of amidine groups is 1. The molecule has 0 aliphatic rings. The van der Waals surface area contributed by atoms with E-state index < -0.39 is 6.10 Å². The number of aliphatic hydroxyl groups is 1. The maximum absolute atomic E-state index is 10.1. The molecule has 4 N–H and O–H groups in total. The Labute approximate surface area is 116 Å². The van der Waals surface area contributed by atoms with Crippen molar-refractivity contribution in [2.75, 3.05) is 0 Å². The number of nitrogens with one attached hydrogen (secondary N) is 1. The lowest BCUT2D eigenvalue weighted by Crippen LogP contribution is -2.11. The molecule has 3 nitrogen and oxygen atoms in total. The molecule has 0 aromatic heterocycles. The molecule has 0 radical (unpaired) electrons. The largest absolute Gasteiger partial charge is 0.388 e. The highest BCUT2D eigenvalue weighted by Crippen LogP contribution is 2.21. The van der Waals surface area contributed by atoms with Gasteiger partial charge in [0.15, 0.2) is 0 Å². The van der Waals surface area contributed by atoms with Crippen LogP contribution in [-0.4, -0.2) is 10.9 Å². The predicted molar refractivity (Wildman–Crippen MR) is 80.3 cm³/mol. The van der Waals surface area contributed by atoms with E-state index in [4.69, 9.17) is 11.1 Å². The molecule has 2 unspecified atom stereocenters. The van der Waals surface area contributed by atoms with Gasteiger partial charge in [0.1, 0.15) is 5.84 Å². The molecular weight excluding hydrogens is 236 g/mol. The van der Waals surface area contributed by atoms with Crippen molar-refractivity contribution in [2.45, 2.75) is 52.1 Å². The molecule has 0 saturated carbocycles. The van der Waals surface area contributed by atoms with Crippen LogP contribution < -0.4 is 5.73 Å². The number of hydrogen-bond acceptors (Lipinski definition) is 2. The van der Waals surface area contributed by atoms with Crippen molar-refractivity contribution in [1.82, 2.24) is 0 Å². The van der Waals surface area contributed by atoms with Crippen LogP contribution >= 0.6 is 0 Å². The van der Waals surface area contributed by atoms with Crippen molar-refractivity contribution in [3.05, 3.63) is 35.4 Å². The van der Waals surface area contributed by atoms with Gasteiger partial charge in [-0.15, -0.1) is 0 Å². The van der Waals surface area contributed by atoms with Gasteiger partial charge >= 0.3 is 0 Å². The van der Waals surface area contributed by atoms with Crippen LogP contribution in [0.1, 0.15) is 63.2 Å². The van der Waals surface area contributed by atoms with Crippen molar-refractivity contribution in [3.63, 3.8) is 0 Å². The van der Waals surface area contributed by atoms with Crippen molar-refractivity contribution >= 4 is 5.84 Å². The summed E-state index contributed by atoms with van der Waals surface area (Å²) in [7, 11) is 0. The van der Waals surface area contributed by atoms with E-state index in [9.17, 15) is 5.11 Å². The first-order valence-corrected chi connectivity index (χ1v) is 7.17. The van der Waals surface area contributed by atoms with Crippen molar-refractivity contribution in [3.8, 4) is 0 Å². The maximum Gasteiger partial charge on any atom is 0.122 e. The van der Waals surface area contributed by atoms with Crippen LogP contribution in [0.4, 0.5) is 0 Å². The Morgan fingerprint density at radius 3 is 2.32 bits per heavy atom. The second kappa shape index (κ2) is 7.95. The third kappa shape index (κ3) is 5.43. The molecule has 106 valence electrons. The molecule has 3 heteroatoms. The average molecular weight is 262 g/mol. The van der Waals surface area contributed by atoms with Gasteiger partial charge in [-0.05, 0) is 17.9 Å². The minimum Gasteiger partial charge on any atom is -0.388 e. The fraction of sp³-hybridized carbons (Fsp3) is 0.562. The summed E-state index contributed by atoms with van der Waals surface area (Å²) in [4.78, 5) is 0. The molecule has 0 saturated heterocycles. The zero-order valence-electron chi connectivity index (χ0n) is 12.0. The highest BCUT2D eigenvalue weighted by Gasteiger charge is 2.08. The second-order valence-corrected chi connectivity index (χ2v) is 5.35. The minimum atomic E-state index is -0.405.